The molecule has 7 N–H and O–H groups in total. The molecule has 7 fully saturated rings. The normalized spacial score (nSPS) is 55.8. The zero-order chi connectivity index (χ0) is 36.8. The summed E-state index contributed by atoms with van der Waals surface area (Å²) in [5, 5.41) is 77.3. The second-order valence-corrected chi connectivity index (χ2v) is 19.2. The van der Waals surface area contributed by atoms with Gasteiger partial charge in [0.25, 0.3) is 0 Å². The Kier molecular flexibility index (Phi) is 8.63. The molecule has 286 valence electrons. The van der Waals surface area contributed by atoms with Gasteiger partial charge in [0.15, 0.2) is 18.2 Å². The van der Waals surface area contributed by atoms with Crippen molar-refractivity contribution in [1.82, 2.24) is 0 Å². The Morgan fingerprint density at radius 1 is 0.940 bits per heavy atom. The maximum Gasteiger partial charge on any atom is 0.303 e. The fraction of sp³-hybridized carbons (Fsp3) is 0.974. The van der Waals surface area contributed by atoms with Gasteiger partial charge in [0.1, 0.15) is 36.6 Å². The third-order valence-electron chi connectivity index (χ3n) is 16.3. The van der Waals surface area contributed by atoms with Gasteiger partial charge < -0.3 is 54.7 Å². The zero-order valence-electron chi connectivity index (χ0n) is 31.0. The molecule has 2 aliphatic heterocycles. The summed E-state index contributed by atoms with van der Waals surface area (Å²) in [5.41, 5.74) is -2.82. The Morgan fingerprint density at radius 3 is 2.20 bits per heavy atom. The Bertz CT molecular complexity index is 1350. The predicted octanol–water partition coefficient (Wildman–Crippen LogP) is 2.01. The lowest BCUT2D eigenvalue weighted by atomic mass is 9.41. The first kappa shape index (κ1) is 37.4. The van der Waals surface area contributed by atoms with Crippen molar-refractivity contribution in [3.63, 3.8) is 0 Å². The maximum absolute atomic E-state index is 12.6. The highest BCUT2D eigenvalue weighted by atomic mass is 16.7. The molecule has 0 aromatic heterocycles. The molecule has 0 amide bonds. The molecule has 7 rings (SSSR count). The van der Waals surface area contributed by atoms with Crippen molar-refractivity contribution in [2.75, 3.05) is 6.61 Å². The van der Waals surface area contributed by atoms with Crippen molar-refractivity contribution in [2.45, 2.75) is 173 Å². The van der Waals surface area contributed by atoms with Gasteiger partial charge in [-0.2, -0.15) is 0 Å². The van der Waals surface area contributed by atoms with Crippen LogP contribution in [0.1, 0.15) is 107 Å². The molecule has 12 nitrogen and oxygen atoms in total. The van der Waals surface area contributed by atoms with Crippen LogP contribution in [0.2, 0.25) is 0 Å². The second-order valence-electron chi connectivity index (χ2n) is 19.2. The highest BCUT2D eigenvalue weighted by Crippen LogP contribution is 2.89. The number of aliphatic hydroxyl groups excluding tert-OH is 5. The number of esters is 1. The minimum Gasteiger partial charge on any atom is -0.457 e. The van der Waals surface area contributed by atoms with Gasteiger partial charge in [-0.05, 0) is 105 Å². The maximum atomic E-state index is 12.6. The van der Waals surface area contributed by atoms with Crippen molar-refractivity contribution < 1.29 is 59.5 Å². The van der Waals surface area contributed by atoms with Gasteiger partial charge in [0.05, 0.1) is 18.3 Å². The van der Waals surface area contributed by atoms with Crippen LogP contribution in [0.3, 0.4) is 0 Å². The summed E-state index contributed by atoms with van der Waals surface area (Å²) < 4.78 is 24.4. The number of hydrogen-bond donors (Lipinski definition) is 7. The smallest absolute Gasteiger partial charge is 0.303 e. The monoisotopic (exact) mass is 710 g/mol. The van der Waals surface area contributed by atoms with Crippen LogP contribution in [0.4, 0.5) is 0 Å². The van der Waals surface area contributed by atoms with Crippen molar-refractivity contribution in [2.24, 2.45) is 50.7 Å². The summed E-state index contributed by atoms with van der Waals surface area (Å²) in [6, 6.07) is 0. The molecule has 7 aliphatic rings. The second kappa shape index (κ2) is 11.5. The molecule has 0 bridgehead atoms. The summed E-state index contributed by atoms with van der Waals surface area (Å²) in [5.74, 6) is -2.42. The number of ether oxygens (including phenoxy) is 4. The van der Waals surface area contributed by atoms with E-state index >= 15 is 0 Å². The van der Waals surface area contributed by atoms with Gasteiger partial charge in [-0.15, -0.1) is 0 Å². The molecule has 2 spiro atoms. The highest BCUT2D eigenvalue weighted by molar-refractivity contribution is 5.66. The molecule has 50 heavy (non-hydrogen) atoms. The Balaban J connectivity index is 1.16. The van der Waals surface area contributed by atoms with Gasteiger partial charge in [0.2, 0.25) is 0 Å². The van der Waals surface area contributed by atoms with Gasteiger partial charge in [-0.1, -0.05) is 34.6 Å². The Morgan fingerprint density at radius 2 is 1.58 bits per heavy atom. The molecule has 5 saturated carbocycles. The number of carbonyl (C=O) groups is 1. The summed E-state index contributed by atoms with van der Waals surface area (Å²) >= 11 is 0. The first-order chi connectivity index (χ1) is 23.1. The van der Waals surface area contributed by atoms with Crippen LogP contribution >= 0.6 is 0 Å². The lowest BCUT2D eigenvalue weighted by Gasteiger charge is -2.63. The predicted molar refractivity (Wildman–Crippen MR) is 178 cm³/mol. The summed E-state index contributed by atoms with van der Waals surface area (Å²) in [7, 11) is 0. The van der Waals surface area contributed by atoms with Crippen LogP contribution in [0.25, 0.3) is 0 Å². The van der Waals surface area contributed by atoms with Gasteiger partial charge in [0, 0.05) is 18.3 Å². The Labute approximate surface area is 295 Å². The number of hydrogen-bond acceptors (Lipinski definition) is 12. The molecule has 1 unspecified atom stereocenters. The topological polar surface area (TPSA) is 196 Å². The van der Waals surface area contributed by atoms with Crippen molar-refractivity contribution in [3.8, 4) is 0 Å². The molecule has 0 aromatic rings. The molecule has 0 radical (unpaired) electrons. The van der Waals surface area contributed by atoms with Crippen LogP contribution in [-0.2, 0) is 23.7 Å². The van der Waals surface area contributed by atoms with E-state index < -0.39 is 83.8 Å². The quantitative estimate of drug-likeness (QED) is 0.157. The summed E-state index contributed by atoms with van der Waals surface area (Å²) in [6.07, 6.45) is -3.16. The van der Waals surface area contributed by atoms with E-state index in [-0.39, 0.29) is 40.1 Å². The van der Waals surface area contributed by atoms with E-state index in [1.807, 2.05) is 0 Å². The molecule has 12 heteroatoms. The van der Waals surface area contributed by atoms with E-state index in [1.54, 1.807) is 13.8 Å². The lowest BCUT2D eigenvalue weighted by molar-refractivity contribution is -0.342. The molecule has 2 saturated heterocycles. The third kappa shape index (κ3) is 4.68. The molecule has 18 atom stereocenters. The minimum absolute atomic E-state index is 0.0175. The summed E-state index contributed by atoms with van der Waals surface area (Å²) in [6.45, 7) is 14.9. The average molecular weight is 711 g/mol. The van der Waals surface area contributed by atoms with Crippen LogP contribution < -0.4 is 0 Å². The van der Waals surface area contributed by atoms with Crippen molar-refractivity contribution in [3.05, 3.63) is 0 Å². The van der Waals surface area contributed by atoms with E-state index in [0.717, 1.165) is 38.5 Å². The number of fused-ring (bicyclic) bond motifs is 4. The van der Waals surface area contributed by atoms with E-state index in [2.05, 4.69) is 34.6 Å². The first-order valence-corrected chi connectivity index (χ1v) is 19.0. The highest BCUT2D eigenvalue weighted by Gasteiger charge is 2.87. The first-order valence-electron chi connectivity index (χ1n) is 19.0. The standard InChI is InChI=1S/C38H62O12/c1-18-15-20(29(33(5,6)45)47-19(2)40)50-38(46)28(18)34(7)13-14-37-17-36(37)12-11-24(49-30-27(43)26(42)25(41)21(16-39)48-30)32(3,4)22(36)9-10-23(37)35(34,8)31(38)44/h18,20-31,39,41-46H,9-17H2,1-8H3/t18-,20-,21-,22?,23+,24+,25+,26+,27-,28-,29-,30+,31-,34-,35-,36-,37+,38-/m1/s1. The lowest BCUT2D eigenvalue weighted by Crippen LogP contribution is -2.62. The minimum atomic E-state index is -1.88. The van der Waals surface area contributed by atoms with E-state index in [0.29, 0.717) is 18.8 Å². The van der Waals surface area contributed by atoms with Gasteiger partial charge in [-0.25, -0.2) is 0 Å². The van der Waals surface area contributed by atoms with Crippen LogP contribution in [0.15, 0.2) is 0 Å². The van der Waals surface area contributed by atoms with Crippen LogP contribution in [0.5, 0.6) is 0 Å². The summed E-state index contributed by atoms with van der Waals surface area (Å²) in [4.78, 5) is 12.1. The average Bonchev–Trinajstić information content (AvgIpc) is 3.66. The van der Waals surface area contributed by atoms with E-state index in [9.17, 15) is 40.5 Å². The number of aliphatic hydroxyl groups is 7. The van der Waals surface area contributed by atoms with Crippen LogP contribution in [0, 0.1) is 50.7 Å². The fourth-order valence-electron chi connectivity index (χ4n) is 14.1. The molecular weight excluding hydrogens is 648 g/mol. The molecular formula is C38H62O12. The van der Waals surface area contributed by atoms with Gasteiger partial charge in [-0.3, -0.25) is 4.79 Å². The molecule has 2 heterocycles. The Hall–Kier alpha value is -0.930. The number of carbonyl (C=O) groups excluding carboxylic acids is 1. The molecule has 0 aromatic carbocycles. The van der Waals surface area contributed by atoms with E-state index in [4.69, 9.17) is 18.9 Å². The fourth-order valence-corrected chi connectivity index (χ4v) is 14.1. The largest absolute Gasteiger partial charge is 0.457 e. The SMILES string of the molecule is CC(=O)O[C@H]([C@H]1C[C@@H](C)[C@H]2[C@@](O)(O1)[C@H](O)[C@@]1(C)[C@@H]3CCC4C(C)(C)[C@@H](O[C@@H]5O[C@H](CO)[C@H](O)[C@H](O)[C@H]5O)CC[C@@]45C[C@@]35CC[C@]21C)C(C)(C)O. The van der Waals surface area contributed by atoms with Crippen LogP contribution in [-0.4, -0.2) is 115 Å². The van der Waals surface area contributed by atoms with Crippen molar-refractivity contribution >= 4 is 5.97 Å². The van der Waals surface area contributed by atoms with Crippen molar-refractivity contribution in [1.29, 1.82) is 0 Å². The zero-order valence-corrected chi connectivity index (χ0v) is 31.0. The van der Waals surface area contributed by atoms with E-state index in [1.165, 1.54) is 6.92 Å². The number of rotatable bonds is 6. The third-order valence-corrected chi connectivity index (χ3v) is 16.3. The van der Waals surface area contributed by atoms with Gasteiger partial charge >= 0.3 is 5.97 Å². The molecule has 5 aliphatic carbocycles.